The van der Waals surface area contributed by atoms with Crippen LogP contribution in [0, 0.1) is 5.92 Å². The number of fused-ring (bicyclic) bond motifs is 1. The molecule has 2 atom stereocenters. The van der Waals surface area contributed by atoms with Gasteiger partial charge >= 0.3 is 0 Å². The Morgan fingerprint density at radius 3 is 2.81 bits per heavy atom. The number of nitrogens with zero attached hydrogens (tertiary/aromatic N) is 5. The van der Waals surface area contributed by atoms with Crippen LogP contribution in [0.1, 0.15) is 62.5 Å². The first kappa shape index (κ1) is 21.3. The highest BCUT2D eigenvalue weighted by Gasteiger charge is 2.33. The Hall–Kier alpha value is -2.58. The van der Waals surface area contributed by atoms with Crippen LogP contribution >= 0.6 is 0 Å². The second-order valence-electron chi connectivity index (χ2n) is 9.30. The molecule has 2 saturated heterocycles. The molecule has 0 saturated carbocycles. The number of hydrogen-bond acceptors (Lipinski definition) is 6. The molecule has 8 heteroatoms. The Kier molecular flexibility index (Phi) is 6.06. The minimum absolute atomic E-state index is 0.0722. The fraction of sp³-hybridized carbons (Fsp3) is 0.583. The van der Waals surface area contributed by atoms with E-state index in [1.54, 1.807) is 0 Å². The molecule has 1 aromatic carbocycles. The van der Waals surface area contributed by atoms with Crippen molar-refractivity contribution in [3.63, 3.8) is 0 Å². The molecule has 3 aromatic rings. The van der Waals surface area contributed by atoms with Gasteiger partial charge in [-0.05, 0) is 90.7 Å². The molecule has 2 fully saturated rings. The van der Waals surface area contributed by atoms with Gasteiger partial charge in [0.1, 0.15) is 6.04 Å². The van der Waals surface area contributed by atoms with Crippen molar-refractivity contribution >= 4 is 10.9 Å². The summed E-state index contributed by atoms with van der Waals surface area (Å²) in [6.45, 7) is 7.69. The van der Waals surface area contributed by atoms with E-state index in [9.17, 15) is 4.79 Å². The first-order chi connectivity index (χ1) is 15.6. The van der Waals surface area contributed by atoms with Crippen LogP contribution in [0.4, 0.5) is 0 Å². The summed E-state index contributed by atoms with van der Waals surface area (Å²) in [5, 5.41) is 13.8. The van der Waals surface area contributed by atoms with Crippen molar-refractivity contribution in [2.45, 2.75) is 64.6 Å². The molecule has 0 amide bonds. The minimum Gasteiger partial charge on any atom is -0.376 e. The minimum atomic E-state index is -0.280. The Balaban J connectivity index is 1.59. The fourth-order valence-electron chi connectivity index (χ4n) is 5.00. The first-order valence-electron chi connectivity index (χ1n) is 11.9. The summed E-state index contributed by atoms with van der Waals surface area (Å²) < 4.78 is 7.69. The zero-order valence-corrected chi connectivity index (χ0v) is 19.0. The summed E-state index contributed by atoms with van der Waals surface area (Å²) in [7, 11) is 0. The number of H-pyrrole nitrogens is 1. The zero-order chi connectivity index (χ0) is 22.1. The van der Waals surface area contributed by atoms with Crippen LogP contribution in [0.25, 0.3) is 10.9 Å². The second-order valence-corrected chi connectivity index (χ2v) is 9.30. The van der Waals surface area contributed by atoms with E-state index in [0.717, 1.165) is 68.5 Å². The summed E-state index contributed by atoms with van der Waals surface area (Å²) in [6, 6.07) is 8.00. The van der Waals surface area contributed by atoms with Gasteiger partial charge in [0.25, 0.3) is 5.56 Å². The maximum absolute atomic E-state index is 13.3. The van der Waals surface area contributed by atoms with E-state index < -0.39 is 0 Å². The molecule has 5 rings (SSSR count). The van der Waals surface area contributed by atoms with Gasteiger partial charge in [-0.15, -0.1) is 5.10 Å². The smallest absolute Gasteiger partial charge is 0.253 e. The number of benzene rings is 1. The van der Waals surface area contributed by atoms with Crippen molar-refractivity contribution < 1.29 is 4.74 Å². The lowest BCUT2D eigenvalue weighted by atomic mass is 9.95. The third-order valence-corrected chi connectivity index (χ3v) is 7.03. The van der Waals surface area contributed by atoms with Crippen molar-refractivity contribution in [1.82, 2.24) is 30.1 Å². The van der Waals surface area contributed by atoms with Gasteiger partial charge in [0.15, 0.2) is 5.82 Å². The predicted molar refractivity (Wildman–Crippen MR) is 123 cm³/mol. The molecule has 2 aliphatic heterocycles. The maximum Gasteiger partial charge on any atom is 0.253 e. The Morgan fingerprint density at radius 1 is 1.22 bits per heavy atom. The number of rotatable bonds is 6. The van der Waals surface area contributed by atoms with Gasteiger partial charge in [0, 0.05) is 17.7 Å². The molecule has 2 aromatic heterocycles. The molecule has 4 heterocycles. The Bertz CT molecular complexity index is 1120. The molecule has 0 spiro atoms. The topological polar surface area (TPSA) is 88.9 Å². The van der Waals surface area contributed by atoms with Crippen molar-refractivity contribution in [2.75, 3.05) is 19.7 Å². The van der Waals surface area contributed by atoms with Crippen LogP contribution in [0.5, 0.6) is 0 Å². The van der Waals surface area contributed by atoms with Crippen LogP contribution in [0.15, 0.2) is 29.1 Å². The average molecular weight is 437 g/mol. The van der Waals surface area contributed by atoms with Crippen molar-refractivity contribution in [3.8, 4) is 0 Å². The van der Waals surface area contributed by atoms with Crippen molar-refractivity contribution in [2.24, 2.45) is 5.92 Å². The number of likely N-dealkylation sites (tertiary alicyclic amines) is 1. The van der Waals surface area contributed by atoms with Crippen LogP contribution in [-0.2, 0) is 17.7 Å². The van der Waals surface area contributed by atoms with Crippen LogP contribution < -0.4 is 5.56 Å². The number of ether oxygens (including phenoxy) is 1. The van der Waals surface area contributed by atoms with Gasteiger partial charge in [0.05, 0.1) is 12.6 Å². The molecule has 32 heavy (non-hydrogen) atoms. The third kappa shape index (κ3) is 4.21. The van der Waals surface area contributed by atoms with Crippen LogP contribution in [0.2, 0.25) is 0 Å². The largest absolute Gasteiger partial charge is 0.376 e. The second kappa shape index (κ2) is 9.11. The molecule has 2 aliphatic rings. The number of aryl methyl sites for hydroxylation is 1. The number of nitrogens with one attached hydrogen (secondary N) is 1. The summed E-state index contributed by atoms with van der Waals surface area (Å²) >= 11 is 0. The summed E-state index contributed by atoms with van der Waals surface area (Å²) in [6.07, 6.45) is 5.38. The van der Waals surface area contributed by atoms with E-state index in [1.165, 1.54) is 5.56 Å². The van der Waals surface area contributed by atoms with E-state index in [1.807, 2.05) is 16.8 Å². The molecule has 8 nitrogen and oxygen atoms in total. The standard InChI is InChI=1S/C24H32N6O2/c1-3-17-6-7-21-18(13-17)14-20(24(31)25-21)22(29-10-8-16(2)9-11-29)23-26-27-28-30(23)15-19-5-4-12-32-19/h6-7,13-14,16,19,22H,3-5,8-12,15H2,1-2H3,(H,25,31)/t19-,22+/m0/s1. The van der Waals surface area contributed by atoms with E-state index in [4.69, 9.17) is 4.74 Å². The number of hydrogen-bond donors (Lipinski definition) is 1. The predicted octanol–water partition coefficient (Wildman–Crippen LogP) is 3.08. The quantitative estimate of drug-likeness (QED) is 0.639. The maximum atomic E-state index is 13.3. The molecular weight excluding hydrogens is 404 g/mol. The molecular formula is C24H32N6O2. The van der Waals surface area contributed by atoms with E-state index in [2.05, 4.69) is 51.4 Å². The number of tetrazole rings is 1. The lowest BCUT2D eigenvalue weighted by molar-refractivity contribution is 0.0894. The SMILES string of the molecule is CCc1ccc2[nH]c(=O)c([C@H](c3nnnn3C[C@@H]3CCCO3)N3CCC(C)CC3)cc2c1. The van der Waals surface area contributed by atoms with Crippen molar-refractivity contribution in [3.05, 3.63) is 51.6 Å². The summed E-state index contributed by atoms with van der Waals surface area (Å²) in [5.74, 6) is 1.42. The lowest BCUT2D eigenvalue weighted by Gasteiger charge is -2.36. The number of aromatic nitrogens is 5. The van der Waals surface area contributed by atoms with Gasteiger partial charge < -0.3 is 9.72 Å². The first-order valence-corrected chi connectivity index (χ1v) is 11.9. The Morgan fingerprint density at radius 2 is 2.06 bits per heavy atom. The third-order valence-electron chi connectivity index (χ3n) is 7.03. The molecule has 170 valence electrons. The van der Waals surface area contributed by atoms with Gasteiger partial charge in [-0.25, -0.2) is 4.68 Å². The highest BCUT2D eigenvalue weighted by Crippen LogP contribution is 2.31. The van der Waals surface area contributed by atoms with Crippen LogP contribution in [-0.4, -0.2) is 55.9 Å². The lowest BCUT2D eigenvalue weighted by Crippen LogP contribution is -2.40. The monoisotopic (exact) mass is 436 g/mol. The number of pyridine rings is 1. The van der Waals surface area contributed by atoms with Gasteiger partial charge in [-0.3, -0.25) is 9.69 Å². The van der Waals surface area contributed by atoms with E-state index in [0.29, 0.717) is 18.0 Å². The summed E-state index contributed by atoms with van der Waals surface area (Å²) in [4.78, 5) is 18.8. The van der Waals surface area contributed by atoms with Crippen LogP contribution in [0.3, 0.4) is 0 Å². The average Bonchev–Trinajstić information content (AvgIpc) is 3.48. The normalized spacial score (nSPS) is 21.4. The van der Waals surface area contributed by atoms with E-state index in [-0.39, 0.29) is 17.7 Å². The highest BCUT2D eigenvalue weighted by atomic mass is 16.5. The van der Waals surface area contributed by atoms with E-state index >= 15 is 0 Å². The number of piperidine rings is 1. The molecule has 0 aliphatic carbocycles. The van der Waals surface area contributed by atoms with Crippen molar-refractivity contribution in [1.29, 1.82) is 0 Å². The molecule has 0 radical (unpaired) electrons. The van der Waals surface area contributed by atoms with Gasteiger partial charge in [-0.1, -0.05) is 19.9 Å². The Labute approximate surface area is 188 Å². The highest BCUT2D eigenvalue weighted by molar-refractivity contribution is 5.80. The number of aromatic amines is 1. The molecule has 0 bridgehead atoms. The molecule has 0 unspecified atom stereocenters. The van der Waals surface area contributed by atoms with Gasteiger partial charge in [-0.2, -0.15) is 0 Å². The summed E-state index contributed by atoms with van der Waals surface area (Å²) in [5.41, 5.74) is 2.75. The van der Waals surface area contributed by atoms with Gasteiger partial charge in [0.2, 0.25) is 0 Å². The molecule has 1 N–H and O–H groups in total. The fourth-order valence-corrected chi connectivity index (χ4v) is 5.00. The zero-order valence-electron chi connectivity index (χ0n) is 19.0.